The van der Waals surface area contributed by atoms with Crippen LogP contribution in [-0.4, -0.2) is 26.3 Å². The van der Waals surface area contributed by atoms with Crippen molar-refractivity contribution in [2.24, 2.45) is 0 Å². The van der Waals surface area contributed by atoms with Gasteiger partial charge in [0, 0.05) is 6.61 Å². The number of unbranched alkanes of at least 4 members (excludes halogenated alkanes) is 1. The van der Waals surface area contributed by atoms with Gasteiger partial charge in [-0.2, -0.15) is 0 Å². The quantitative estimate of drug-likeness (QED) is 0.572. The molecule has 11 heavy (non-hydrogen) atoms. The predicted molar refractivity (Wildman–Crippen MR) is 48.9 cm³/mol. The van der Waals surface area contributed by atoms with Gasteiger partial charge in [-0.25, -0.2) is 0 Å². The highest BCUT2D eigenvalue weighted by atomic mass is 16.5. The molecule has 0 amide bonds. The summed E-state index contributed by atoms with van der Waals surface area (Å²) in [5.74, 6) is 0. The van der Waals surface area contributed by atoms with Gasteiger partial charge in [0.1, 0.15) is 0 Å². The van der Waals surface area contributed by atoms with Crippen LogP contribution in [0.25, 0.3) is 0 Å². The standard InChI is InChI=1S/C9H21NO/c1-4-5-8-11-9(2)6-7-10-3/h9-10H,4-8H2,1-3H3. The van der Waals surface area contributed by atoms with Gasteiger partial charge in [-0.15, -0.1) is 0 Å². The maximum Gasteiger partial charge on any atom is 0.0559 e. The first kappa shape index (κ1) is 10.9. The largest absolute Gasteiger partial charge is 0.378 e. The van der Waals surface area contributed by atoms with Crippen LogP contribution in [0.15, 0.2) is 0 Å². The number of hydrogen-bond acceptors (Lipinski definition) is 2. The van der Waals surface area contributed by atoms with Gasteiger partial charge in [-0.1, -0.05) is 13.3 Å². The lowest BCUT2D eigenvalue weighted by molar-refractivity contribution is 0.0588. The first-order chi connectivity index (χ1) is 5.31. The van der Waals surface area contributed by atoms with Crippen LogP contribution in [0.1, 0.15) is 33.1 Å². The van der Waals surface area contributed by atoms with Crippen molar-refractivity contribution in [3.63, 3.8) is 0 Å². The molecular weight excluding hydrogens is 138 g/mol. The minimum Gasteiger partial charge on any atom is -0.378 e. The lowest BCUT2D eigenvalue weighted by Gasteiger charge is -2.11. The van der Waals surface area contributed by atoms with E-state index in [1.54, 1.807) is 0 Å². The topological polar surface area (TPSA) is 21.3 Å². The van der Waals surface area contributed by atoms with Crippen LogP contribution in [-0.2, 0) is 4.74 Å². The van der Waals surface area contributed by atoms with Crippen molar-refractivity contribution in [2.75, 3.05) is 20.2 Å². The van der Waals surface area contributed by atoms with Crippen LogP contribution in [0, 0.1) is 0 Å². The van der Waals surface area contributed by atoms with Crippen molar-refractivity contribution in [2.45, 2.75) is 39.2 Å². The number of ether oxygens (including phenoxy) is 1. The minimum absolute atomic E-state index is 0.411. The maximum absolute atomic E-state index is 5.54. The van der Waals surface area contributed by atoms with Gasteiger partial charge in [0.25, 0.3) is 0 Å². The van der Waals surface area contributed by atoms with E-state index < -0.39 is 0 Å². The summed E-state index contributed by atoms with van der Waals surface area (Å²) in [6, 6.07) is 0. The molecule has 2 nitrogen and oxygen atoms in total. The van der Waals surface area contributed by atoms with E-state index in [-0.39, 0.29) is 0 Å². The predicted octanol–water partition coefficient (Wildman–Crippen LogP) is 1.80. The summed E-state index contributed by atoms with van der Waals surface area (Å²) < 4.78 is 5.54. The van der Waals surface area contributed by atoms with E-state index in [0.29, 0.717) is 6.10 Å². The monoisotopic (exact) mass is 159 g/mol. The van der Waals surface area contributed by atoms with Crippen molar-refractivity contribution in [3.05, 3.63) is 0 Å². The molecule has 0 saturated carbocycles. The van der Waals surface area contributed by atoms with Crippen molar-refractivity contribution in [3.8, 4) is 0 Å². The summed E-state index contributed by atoms with van der Waals surface area (Å²) in [4.78, 5) is 0. The molecule has 0 radical (unpaired) electrons. The summed E-state index contributed by atoms with van der Waals surface area (Å²) >= 11 is 0. The van der Waals surface area contributed by atoms with Crippen LogP contribution in [0.4, 0.5) is 0 Å². The van der Waals surface area contributed by atoms with E-state index in [1.165, 1.54) is 12.8 Å². The third-order valence-electron chi connectivity index (χ3n) is 1.70. The van der Waals surface area contributed by atoms with Crippen LogP contribution in [0.3, 0.4) is 0 Å². The first-order valence-corrected chi connectivity index (χ1v) is 4.57. The Morgan fingerprint density at radius 1 is 1.45 bits per heavy atom. The van der Waals surface area contributed by atoms with E-state index in [9.17, 15) is 0 Å². The van der Waals surface area contributed by atoms with Gasteiger partial charge >= 0.3 is 0 Å². The fraction of sp³-hybridized carbons (Fsp3) is 1.00. The second-order valence-electron chi connectivity index (χ2n) is 2.93. The van der Waals surface area contributed by atoms with E-state index in [4.69, 9.17) is 4.74 Å². The average molecular weight is 159 g/mol. The molecule has 0 aliphatic heterocycles. The van der Waals surface area contributed by atoms with Crippen molar-refractivity contribution < 1.29 is 4.74 Å². The second kappa shape index (κ2) is 8.02. The highest BCUT2D eigenvalue weighted by Crippen LogP contribution is 1.98. The van der Waals surface area contributed by atoms with E-state index in [2.05, 4.69) is 19.2 Å². The molecule has 0 aromatic rings. The van der Waals surface area contributed by atoms with E-state index >= 15 is 0 Å². The van der Waals surface area contributed by atoms with Crippen LogP contribution < -0.4 is 5.32 Å². The molecule has 1 unspecified atom stereocenters. The molecule has 0 aliphatic carbocycles. The van der Waals surface area contributed by atoms with Crippen LogP contribution in [0.2, 0.25) is 0 Å². The van der Waals surface area contributed by atoms with Gasteiger partial charge in [-0.05, 0) is 33.4 Å². The molecular formula is C9H21NO. The Bertz CT molecular complexity index is 76.0. The highest BCUT2D eigenvalue weighted by molar-refractivity contribution is 4.51. The molecule has 0 aromatic carbocycles. The molecule has 0 fully saturated rings. The maximum atomic E-state index is 5.54. The Morgan fingerprint density at radius 2 is 2.18 bits per heavy atom. The van der Waals surface area contributed by atoms with Gasteiger partial charge in [0.05, 0.1) is 6.10 Å². The Kier molecular flexibility index (Phi) is 7.96. The van der Waals surface area contributed by atoms with E-state index in [0.717, 1.165) is 19.6 Å². The molecule has 0 rings (SSSR count). The number of hydrogen-bond donors (Lipinski definition) is 1. The lowest BCUT2D eigenvalue weighted by Crippen LogP contribution is -2.17. The molecule has 0 aromatic heterocycles. The molecule has 0 heterocycles. The summed E-state index contributed by atoms with van der Waals surface area (Å²) in [6.07, 6.45) is 3.93. The second-order valence-corrected chi connectivity index (χ2v) is 2.93. The highest BCUT2D eigenvalue weighted by Gasteiger charge is 1.99. The zero-order chi connectivity index (χ0) is 8.53. The lowest BCUT2D eigenvalue weighted by atomic mass is 10.3. The Morgan fingerprint density at radius 3 is 2.73 bits per heavy atom. The van der Waals surface area contributed by atoms with Gasteiger partial charge < -0.3 is 10.1 Å². The molecule has 0 spiro atoms. The van der Waals surface area contributed by atoms with Crippen molar-refractivity contribution in [1.29, 1.82) is 0 Å². The van der Waals surface area contributed by atoms with Crippen LogP contribution >= 0.6 is 0 Å². The molecule has 1 atom stereocenters. The summed E-state index contributed by atoms with van der Waals surface area (Å²) in [5, 5.41) is 3.11. The number of rotatable bonds is 7. The molecule has 0 saturated heterocycles. The Labute approximate surface area is 70.3 Å². The van der Waals surface area contributed by atoms with E-state index in [1.807, 2.05) is 7.05 Å². The summed E-state index contributed by atoms with van der Waals surface area (Å²) in [6.45, 7) is 6.28. The SMILES string of the molecule is CCCCOC(C)CCNC. The Balaban J connectivity index is 3.02. The van der Waals surface area contributed by atoms with Gasteiger partial charge in [0.15, 0.2) is 0 Å². The first-order valence-electron chi connectivity index (χ1n) is 4.57. The van der Waals surface area contributed by atoms with Gasteiger partial charge in [-0.3, -0.25) is 0 Å². The molecule has 0 bridgehead atoms. The third-order valence-corrected chi connectivity index (χ3v) is 1.70. The zero-order valence-electron chi connectivity index (χ0n) is 8.02. The van der Waals surface area contributed by atoms with Crippen molar-refractivity contribution in [1.82, 2.24) is 5.32 Å². The smallest absolute Gasteiger partial charge is 0.0559 e. The van der Waals surface area contributed by atoms with Gasteiger partial charge in [0.2, 0.25) is 0 Å². The van der Waals surface area contributed by atoms with Crippen molar-refractivity contribution >= 4 is 0 Å². The fourth-order valence-corrected chi connectivity index (χ4v) is 0.860. The normalized spacial score (nSPS) is 13.4. The average Bonchev–Trinajstić information content (AvgIpc) is 2.01. The minimum atomic E-state index is 0.411. The molecule has 68 valence electrons. The molecule has 2 heteroatoms. The zero-order valence-corrected chi connectivity index (χ0v) is 8.02. The summed E-state index contributed by atoms with van der Waals surface area (Å²) in [7, 11) is 1.97. The summed E-state index contributed by atoms with van der Waals surface area (Å²) in [5.41, 5.74) is 0. The Hall–Kier alpha value is -0.0800. The van der Waals surface area contributed by atoms with Crippen LogP contribution in [0.5, 0.6) is 0 Å². The molecule has 0 aliphatic rings. The molecule has 1 N–H and O–H groups in total. The number of nitrogens with one attached hydrogen (secondary N) is 1. The fourth-order valence-electron chi connectivity index (χ4n) is 0.860. The third kappa shape index (κ3) is 7.82.